The van der Waals surface area contributed by atoms with Crippen molar-refractivity contribution < 1.29 is 12.9 Å². The molecule has 1 aromatic heterocycles. The number of hydrogen-bond donors (Lipinski definition) is 0. The molecule has 0 N–H and O–H groups in total. The van der Waals surface area contributed by atoms with Crippen LogP contribution in [0.15, 0.2) is 71.3 Å². The van der Waals surface area contributed by atoms with Crippen molar-refractivity contribution in [2.75, 3.05) is 0 Å². The van der Waals surface area contributed by atoms with Crippen molar-refractivity contribution in [1.29, 1.82) is 0 Å². The molecule has 0 aliphatic carbocycles. The third-order valence-corrected chi connectivity index (χ3v) is 5.82. The first kappa shape index (κ1) is 15.5. The fraction of sp³-hybridized carbons (Fsp3) is 0.167. The molecular formula is C18H17NO3S. The summed E-state index contributed by atoms with van der Waals surface area (Å²) in [6.45, 7) is 1.70. The predicted molar refractivity (Wildman–Crippen MR) is 89.4 cm³/mol. The molecular weight excluding hydrogens is 310 g/mol. The van der Waals surface area contributed by atoms with Gasteiger partial charge in [0.2, 0.25) is 0 Å². The molecule has 0 saturated heterocycles. The van der Waals surface area contributed by atoms with Crippen LogP contribution in [0.1, 0.15) is 23.4 Å². The van der Waals surface area contributed by atoms with Crippen molar-refractivity contribution in [2.24, 2.45) is 0 Å². The van der Waals surface area contributed by atoms with Gasteiger partial charge in [0.05, 0.1) is 16.7 Å². The van der Waals surface area contributed by atoms with E-state index in [0.717, 1.165) is 11.1 Å². The molecule has 0 aliphatic heterocycles. The Labute approximate surface area is 135 Å². The monoisotopic (exact) mass is 327 g/mol. The molecule has 0 saturated carbocycles. The first-order valence-electron chi connectivity index (χ1n) is 7.34. The van der Waals surface area contributed by atoms with Crippen LogP contribution in [-0.2, 0) is 15.6 Å². The van der Waals surface area contributed by atoms with Crippen molar-refractivity contribution in [2.45, 2.75) is 17.9 Å². The molecule has 0 unspecified atom stereocenters. The standard InChI is InChI=1S/C18H17NO3S/c1-14(15-8-4-2-5-9-15)23(20,21)13-17-12-18(22-19-17)16-10-6-3-7-11-16/h2-12,14H,13H2,1H3/t14-/m0/s1. The number of rotatable bonds is 5. The van der Waals surface area contributed by atoms with Crippen molar-refractivity contribution in [3.8, 4) is 11.3 Å². The number of benzene rings is 2. The average Bonchev–Trinajstić information content (AvgIpc) is 3.03. The fourth-order valence-electron chi connectivity index (χ4n) is 2.38. The van der Waals surface area contributed by atoms with Crippen molar-refractivity contribution in [3.05, 3.63) is 78.0 Å². The van der Waals surface area contributed by atoms with E-state index in [-0.39, 0.29) is 5.75 Å². The van der Waals surface area contributed by atoms with E-state index in [1.807, 2.05) is 60.7 Å². The highest BCUT2D eigenvalue weighted by Crippen LogP contribution is 2.26. The fourth-order valence-corrected chi connectivity index (χ4v) is 3.75. The van der Waals surface area contributed by atoms with Gasteiger partial charge in [-0.2, -0.15) is 0 Å². The molecule has 3 rings (SSSR count). The molecule has 4 nitrogen and oxygen atoms in total. The van der Waals surface area contributed by atoms with Gasteiger partial charge in [-0.3, -0.25) is 0 Å². The second kappa shape index (κ2) is 6.38. The van der Waals surface area contributed by atoms with Gasteiger partial charge in [-0.05, 0) is 12.5 Å². The lowest BCUT2D eigenvalue weighted by Crippen LogP contribution is -2.13. The Balaban J connectivity index is 1.80. The van der Waals surface area contributed by atoms with Crippen LogP contribution in [0.4, 0.5) is 0 Å². The zero-order valence-electron chi connectivity index (χ0n) is 12.7. The summed E-state index contributed by atoms with van der Waals surface area (Å²) in [6.07, 6.45) is 0. The van der Waals surface area contributed by atoms with Crippen LogP contribution in [0.3, 0.4) is 0 Å². The Kier molecular flexibility index (Phi) is 4.30. The predicted octanol–water partition coefficient (Wildman–Crippen LogP) is 4.02. The molecule has 3 aromatic rings. The molecule has 0 aliphatic rings. The molecule has 2 aromatic carbocycles. The molecule has 23 heavy (non-hydrogen) atoms. The minimum atomic E-state index is -3.36. The lowest BCUT2D eigenvalue weighted by Gasteiger charge is -2.11. The quantitative estimate of drug-likeness (QED) is 0.710. The molecule has 1 atom stereocenters. The maximum absolute atomic E-state index is 12.6. The van der Waals surface area contributed by atoms with E-state index in [1.54, 1.807) is 13.0 Å². The van der Waals surface area contributed by atoms with Gasteiger partial charge < -0.3 is 4.52 Å². The summed E-state index contributed by atoms with van der Waals surface area (Å²) < 4.78 is 30.4. The van der Waals surface area contributed by atoms with Gasteiger partial charge in [-0.25, -0.2) is 8.42 Å². The highest BCUT2D eigenvalue weighted by molar-refractivity contribution is 7.90. The largest absolute Gasteiger partial charge is 0.356 e. The molecule has 0 radical (unpaired) electrons. The van der Waals surface area contributed by atoms with Gasteiger partial charge in [0.1, 0.15) is 0 Å². The highest BCUT2D eigenvalue weighted by Gasteiger charge is 2.24. The minimum absolute atomic E-state index is 0.139. The number of hydrogen-bond acceptors (Lipinski definition) is 4. The number of aromatic nitrogens is 1. The van der Waals surface area contributed by atoms with E-state index in [4.69, 9.17) is 4.52 Å². The first-order valence-corrected chi connectivity index (χ1v) is 9.05. The van der Waals surface area contributed by atoms with E-state index in [1.165, 1.54) is 0 Å². The van der Waals surface area contributed by atoms with Gasteiger partial charge in [0, 0.05) is 11.6 Å². The summed E-state index contributed by atoms with van der Waals surface area (Å²) in [5.74, 6) is 0.433. The van der Waals surface area contributed by atoms with Crippen LogP contribution in [0.5, 0.6) is 0 Å². The van der Waals surface area contributed by atoms with Crippen LogP contribution >= 0.6 is 0 Å². The summed E-state index contributed by atoms with van der Waals surface area (Å²) in [4.78, 5) is 0. The highest BCUT2D eigenvalue weighted by atomic mass is 32.2. The lowest BCUT2D eigenvalue weighted by atomic mass is 10.2. The van der Waals surface area contributed by atoms with E-state index in [0.29, 0.717) is 11.5 Å². The zero-order valence-corrected chi connectivity index (χ0v) is 13.5. The van der Waals surface area contributed by atoms with Crippen LogP contribution in [-0.4, -0.2) is 13.6 Å². The summed E-state index contributed by atoms with van der Waals surface area (Å²) in [5, 5.41) is 3.32. The minimum Gasteiger partial charge on any atom is -0.356 e. The normalized spacial score (nSPS) is 12.9. The zero-order chi connectivity index (χ0) is 16.3. The molecule has 5 heteroatoms. The van der Waals surface area contributed by atoms with Crippen LogP contribution < -0.4 is 0 Å². The lowest BCUT2D eigenvalue weighted by molar-refractivity contribution is 0.425. The Hall–Kier alpha value is -2.40. The molecule has 0 amide bonds. The average molecular weight is 327 g/mol. The van der Waals surface area contributed by atoms with Crippen LogP contribution in [0, 0.1) is 0 Å². The molecule has 0 spiro atoms. The maximum Gasteiger partial charge on any atom is 0.167 e. The van der Waals surface area contributed by atoms with Gasteiger partial charge >= 0.3 is 0 Å². The van der Waals surface area contributed by atoms with Crippen molar-refractivity contribution in [3.63, 3.8) is 0 Å². The van der Waals surface area contributed by atoms with Crippen LogP contribution in [0.25, 0.3) is 11.3 Å². The molecule has 118 valence electrons. The summed E-state index contributed by atoms with van der Waals surface area (Å²) in [5.41, 5.74) is 2.07. The third kappa shape index (κ3) is 3.51. The topological polar surface area (TPSA) is 60.2 Å². The molecule has 0 fully saturated rings. The Morgan fingerprint density at radius 3 is 2.26 bits per heavy atom. The van der Waals surface area contributed by atoms with Gasteiger partial charge in [0.25, 0.3) is 0 Å². The number of nitrogens with zero attached hydrogens (tertiary/aromatic N) is 1. The summed E-state index contributed by atoms with van der Waals surface area (Å²) in [6, 6.07) is 20.4. The van der Waals surface area contributed by atoms with Crippen LogP contribution in [0.2, 0.25) is 0 Å². The van der Waals surface area contributed by atoms with Gasteiger partial charge in [0.15, 0.2) is 15.6 Å². The second-order valence-electron chi connectivity index (χ2n) is 5.41. The van der Waals surface area contributed by atoms with E-state index >= 15 is 0 Å². The Morgan fingerprint density at radius 1 is 1.00 bits per heavy atom. The van der Waals surface area contributed by atoms with E-state index < -0.39 is 15.1 Å². The van der Waals surface area contributed by atoms with Gasteiger partial charge in [-0.15, -0.1) is 0 Å². The maximum atomic E-state index is 12.6. The number of sulfone groups is 1. The third-order valence-electron chi connectivity index (χ3n) is 3.77. The van der Waals surface area contributed by atoms with Crippen molar-refractivity contribution >= 4 is 9.84 Å². The Morgan fingerprint density at radius 2 is 1.61 bits per heavy atom. The molecule has 1 heterocycles. The smallest absolute Gasteiger partial charge is 0.167 e. The van der Waals surface area contributed by atoms with E-state index in [9.17, 15) is 8.42 Å². The van der Waals surface area contributed by atoms with E-state index in [2.05, 4.69) is 5.16 Å². The van der Waals surface area contributed by atoms with Crippen molar-refractivity contribution in [1.82, 2.24) is 5.16 Å². The molecule has 0 bridgehead atoms. The summed E-state index contributed by atoms with van der Waals surface area (Å²) in [7, 11) is -3.36. The van der Waals surface area contributed by atoms with Gasteiger partial charge in [-0.1, -0.05) is 65.8 Å². The SMILES string of the molecule is C[C@@H](c1ccccc1)S(=O)(=O)Cc1cc(-c2ccccc2)on1. The summed E-state index contributed by atoms with van der Waals surface area (Å²) >= 11 is 0. The first-order chi connectivity index (χ1) is 11.1. The second-order valence-corrected chi connectivity index (χ2v) is 7.73. The Bertz CT molecular complexity index is 871.